The molecule has 0 radical (unpaired) electrons. The molecule has 0 unspecified atom stereocenters. The fourth-order valence-electron chi connectivity index (χ4n) is 1.68. The minimum absolute atomic E-state index is 0.152. The Morgan fingerprint density at radius 1 is 1.41 bits per heavy atom. The van der Waals surface area contributed by atoms with Crippen molar-refractivity contribution in [3.05, 3.63) is 30.3 Å². The second kappa shape index (κ2) is 4.86. The lowest BCUT2D eigenvalue weighted by Crippen LogP contribution is -2.56. The molecule has 1 heterocycles. The third-order valence-corrected chi connectivity index (χ3v) is 2.68. The molecule has 1 atom stereocenters. The predicted octanol–water partition coefficient (Wildman–Crippen LogP) is 1.01. The van der Waals surface area contributed by atoms with Gasteiger partial charge in [-0.3, -0.25) is 9.69 Å². The van der Waals surface area contributed by atoms with E-state index >= 15 is 0 Å². The lowest BCUT2D eigenvalue weighted by molar-refractivity contribution is -0.127. The van der Waals surface area contributed by atoms with Crippen molar-refractivity contribution in [1.82, 2.24) is 10.2 Å². The number of para-hydroxylation sites is 1. The first-order chi connectivity index (χ1) is 8.18. The molecule has 2 amide bonds. The molecule has 17 heavy (non-hydrogen) atoms. The van der Waals surface area contributed by atoms with Gasteiger partial charge < -0.3 is 10.1 Å². The normalized spacial score (nSPS) is 19.7. The fourth-order valence-corrected chi connectivity index (χ4v) is 1.68. The zero-order chi connectivity index (χ0) is 12.3. The molecule has 0 saturated carbocycles. The summed E-state index contributed by atoms with van der Waals surface area (Å²) in [4.78, 5) is 24.7. The van der Waals surface area contributed by atoms with Gasteiger partial charge in [0.15, 0.2) is 0 Å². The zero-order valence-electron chi connectivity index (χ0n) is 9.55. The van der Waals surface area contributed by atoms with Gasteiger partial charge >= 0.3 is 6.09 Å². The maximum absolute atomic E-state index is 11.8. The Balaban J connectivity index is 2.02. The largest absolute Gasteiger partial charge is 0.415 e. The van der Waals surface area contributed by atoms with E-state index in [-0.39, 0.29) is 5.91 Å². The van der Waals surface area contributed by atoms with Crippen molar-refractivity contribution in [2.75, 3.05) is 13.1 Å². The molecule has 1 aliphatic heterocycles. The molecule has 1 aromatic rings. The first kappa shape index (κ1) is 11.4. The standard InChI is InChI=1S/C12H14N2O3/c1-9-11(15)13-7-8-14(9)12(16)17-10-5-3-2-4-6-10/h2-6,9H,7-8H2,1H3,(H,13,15)/t9-/m1/s1. The molecule has 5 heteroatoms. The van der Waals surface area contributed by atoms with E-state index in [1.54, 1.807) is 31.2 Å². The number of benzene rings is 1. The van der Waals surface area contributed by atoms with Gasteiger partial charge in [0, 0.05) is 13.1 Å². The highest BCUT2D eigenvalue weighted by molar-refractivity contribution is 5.86. The second-order valence-electron chi connectivity index (χ2n) is 3.84. The third-order valence-electron chi connectivity index (χ3n) is 2.68. The highest BCUT2D eigenvalue weighted by Gasteiger charge is 2.30. The molecule has 5 nitrogen and oxygen atoms in total. The molecule has 2 rings (SSSR count). The van der Waals surface area contributed by atoms with Crippen LogP contribution in [0.4, 0.5) is 4.79 Å². The molecule has 1 aliphatic rings. The summed E-state index contributed by atoms with van der Waals surface area (Å²) in [7, 11) is 0. The molecular weight excluding hydrogens is 220 g/mol. The minimum Gasteiger partial charge on any atom is -0.410 e. The first-order valence-corrected chi connectivity index (χ1v) is 5.49. The zero-order valence-corrected chi connectivity index (χ0v) is 9.55. The van der Waals surface area contributed by atoms with E-state index in [9.17, 15) is 9.59 Å². The van der Waals surface area contributed by atoms with Crippen molar-refractivity contribution >= 4 is 12.0 Å². The number of nitrogens with zero attached hydrogens (tertiary/aromatic N) is 1. The summed E-state index contributed by atoms with van der Waals surface area (Å²) in [6, 6.07) is 8.33. The van der Waals surface area contributed by atoms with E-state index in [0.29, 0.717) is 18.8 Å². The number of hydrogen-bond donors (Lipinski definition) is 1. The van der Waals surface area contributed by atoms with Gasteiger partial charge in [0.05, 0.1) is 0 Å². The number of amides is 2. The van der Waals surface area contributed by atoms with E-state index in [4.69, 9.17) is 4.74 Å². The van der Waals surface area contributed by atoms with Crippen molar-refractivity contribution in [1.29, 1.82) is 0 Å². The van der Waals surface area contributed by atoms with E-state index in [0.717, 1.165) is 0 Å². The number of ether oxygens (including phenoxy) is 1. The number of carbonyl (C=O) groups excluding carboxylic acids is 2. The van der Waals surface area contributed by atoms with Crippen LogP contribution < -0.4 is 10.1 Å². The van der Waals surface area contributed by atoms with Crippen LogP contribution >= 0.6 is 0 Å². The summed E-state index contributed by atoms with van der Waals surface area (Å²) in [6.07, 6.45) is -0.487. The Morgan fingerprint density at radius 3 is 2.82 bits per heavy atom. The molecule has 0 aromatic heterocycles. The third kappa shape index (κ3) is 2.55. The number of carbonyl (C=O) groups is 2. The summed E-state index contributed by atoms with van der Waals surface area (Å²) in [5.41, 5.74) is 0. The second-order valence-corrected chi connectivity index (χ2v) is 3.84. The lowest BCUT2D eigenvalue weighted by Gasteiger charge is -2.31. The molecule has 0 bridgehead atoms. The van der Waals surface area contributed by atoms with E-state index in [2.05, 4.69) is 5.32 Å². The maximum atomic E-state index is 11.8. The minimum atomic E-state index is -0.487. The number of rotatable bonds is 1. The Hall–Kier alpha value is -2.04. The van der Waals surface area contributed by atoms with Crippen molar-refractivity contribution in [3.63, 3.8) is 0 Å². The van der Waals surface area contributed by atoms with Gasteiger partial charge in [-0.15, -0.1) is 0 Å². The molecule has 0 aliphatic carbocycles. The van der Waals surface area contributed by atoms with Crippen LogP contribution in [0.15, 0.2) is 30.3 Å². The van der Waals surface area contributed by atoms with Gasteiger partial charge in [-0.1, -0.05) is 18.2 Å². The van der Waals surface area contributed by atoms with Gasteiger partial charge in [-0.2, -0.15) is 0 Å². The fraction of sp³-hybridized carbons (Fsp3) is 0.333. The van der Waals surface area contributed by atoms with Crippen LogP contribution in [0.2, 0.25) is 0 Å². The SMILES string of the molecule is C[C@@H]1C(=O)NCCN1C(=O)Oc1ccccc1. The van der Waals surface area contributed by atoms with Crippen LogP contribution in [0.25, 0.3) is 0 Å². The number of hydrogen-bond acceptors (Lipinski definition) is 3. The molecule has 1 aromatic carbocycles. The monoisotopic (exact) mass is 234 g/mol. The van der Waals surface area contributed by atoms with Crippen LogP contribution in [-0.2, 0) is 4.79 Å². The Labute approximate surface area is 99.4 Å². The van der Waals surface area contributed by atoms with Crippen molar-refractivity contribution in [2.45, 2.75) is 13.0 Å². The first-order valence-electron chi connectivity index (χ1n) is 5.49. The topological polar surface area (TPSA) is 58.6 Å². The van der Waals surface area contributed by atoms with Gasteiger partial charge in [0.25, 0.3) is 0 Å². The number of nitrogens with one attached hydrogen (secondary N) is 1. The number of piperazine rings is 1. The van der Waals surface area contributed by atoms with Gasteiger partial charge in [0.1, 0.15) is 11.8 Å². The highest BCUT2D eigenvalue weighted by Crippen LogP contribution is 2.12. The molecule has 1 N–H and O–H groups in total. The van der Waals surface area contributed by atoms with Crippen LogP contribution in [0, 0.1) is 0 Å². The van der Waals surface area contributed by atoms with Crippen molar-refractivity contribution < 1.29 is 14.3 Å². The van der Waals surface area contributed by atoms with E-state index in [1.165, 1.54) is 4.90 Å². The summed E-state index contributed by atoms with van der Waals surface area (Å²) >= 11 is 0. The molecular formula is C12H14N2O3. The summed E-state index contributed by atoms with van der Waals surface area (Å²) < 4.78 is 5.18. The van der Waals surface area contributed by atoms with Crippen LogP contribution in [0.5, 0.6) is 5.75 Å². The smallest absolute Gasteiger partial charge is 0.410 e. The van der Waals surface area contributed by atoms with Gasteiger partial charge in [-0.25, -0.2) is 4.79 Å². The average molecular weight is 234 g/mol. The Bertz CT molecular complexity index is 419. The molecule has 0 spiro atoms. The average Bonchev–Trinajstić information content (AvgIpc) is 2.34. The highest BCUT2D eigenvalue weighted by atomic mass is 16.6. The van der Waals surface area contributed by atoms with E-state index < -0.39 is 12.1 Å². The lowest BCUT2D eigenvalue weighted by atomic mass is 10.2. The van der Waals surface area contributed by atoms with Crippen LogP contribution in [-0.4, -0.2) is 36.0 Å². The van der Waals surface area contributed by atoms with Gasteiger partial charge in [-0.05, 0) is 19.1 Å². The van der Waals surface area contributed by atoms with E-state index in [1.807, 2.05) is 6.07 Å². The Kier molecular flexibility index (Phi) is 3.27. The van der Waals surface area contributed by atoms with Gasteiger partial charge in [0.2, 0.25) is 5.91 Å². The van der Waals surface area contributed by atoms with Crippen molar-refractivity contribution in [2.24, 2.45) is 0 Å². The van der Waals surface area contributed by atoms with Crippen molar-refractivity contribution in [3.8, 4) is 5.75 Å². The van der Waals surface area contributed by atoms with Crippen LogP contribution in [0.1, 0.15) is 6.92 Å². The molecule has 1 fully saturated rings. The van der Waals surface area contributed by atoms with Crippen LogP contribution in [0.3, 0.4) is 0 Å². The molecule has 90 valence electrons. The predicted molar refractivity (Wildman–Crippen MR) is 61.6 cm³/mol. The summed E-state index contributed by atoms with van der Waals surface area (Å²) in [5, 5.41) is 2.69. The quantitative estimate of drug-likeness (QED) is 0.788. The maximum Gasteiger partial charge on any atom is 0.415 e. The summed E-state index contributed by atoms with van der Waals surface area (Å²) in [5.74, 6) is 0.331. The Morgan fingerprint density at radius 2 is 2.12 bits per heavy atom. The molecule has 1 saturated heterocycles. The summed E-state index contributed by atoms with van der Waals surface area (Å²) in [6.45, 7) is 2.62.